The van der Waals surface area contributed by atoms with E-state index in [4.69, 9.17) is 14.2 Å². The summed E-state index contributed by atoms with van der Waals surface area (Å²) >= 11 is 0. The second-order valence-corrected chi connectivity index (χ2v) is 5.52. The predicted molar refractivity (Wildman–Crippen MR) is 84.2 cm³/mol. The monoisotopic (exact) mass is 328 g/mol. The number of amides is 2. The van der Waals surface area contributed by atoms with Gasteiger partial charge >= 0.3 is 6.03 Å². The Morgan fingerprint density at radius 1 is 1.29 bits per heavy atom. The number of rotatable bonds is 3. The van der Waals surface area contributed by atoms with Crippen LogP contribution in [0, 0.1) is 0 Å². The molecule has 1 atom stereocenters. The Bertz CT molecular complexity index is 740. The SMILES string of the molecule is O=C(Nc1ccc2c(c1)OCO2)N1CCC(Oc2cnccn2)C1. The van der Waals surface area contributed by atoms with Crippen LogP contribution in [0.3, 0.4) is 0 Å². The van der Waals surface area contributed by atoms with Gasteiger partial charge in [0.25, 0.3) is 0 Å². The molecule has 0 bridgehead atoms. The van der Waals surface area contributed by atoms with Gasteiger partial charge in [0, 0.05) is 37.1 Å². The molecule has 1 saturated heterocycles. The maximum atomic E-state index is 12.4. The molecule has 0 aliphatic carbocycles. The van der Waals surface area contributed by atoms with Crippen molar-refractivity contribution in [1.29, 1.82) is 0 Å². The van der Waals surface area contributed by atoms with Gasteiger partial charge in [-0.1, -0.05) is 0 Å². The van der Waals surface area contributed by atoms with Gasteiger partial charge in [-0.25, -0.2) is 9.78 Å². The second kappa shape index (κ2) is 6.23. The summed E-state index contributed by atoms with van der Waals surface area (Å²) in [5, 5.41) is 2.87. The van der Waals surface area contributed by atoms with E-state index in [0.717, 1.165) is 6.42 Å². The van der Waals surface area contributed by atoms with Crippen LogP contribution in [0.4, 0.5) is 10.5 Å². The third-order valence-corrected chi connectivity index (χ3v) is 3.88. The largest absolute Gasteiger partial charge is 0.471 e. The molecular weight excluding hydrogens is 312 g/mol. The van der Waals surface area contributed by atoms with Gasteiger partial charge < -0.3 is 24.4 Å². The molecule has 8 nitrogen and oxygen atoms in total. The maximum Gasteiger partial charge on any atom is 0.321 e. The number of hydrogen-bond donors (Lipinski definition) is 1. The lowest BCUT2D eigenvalue weighted by molar-refractivity contribution is 0.174. The predicted octanol–water partition coefficient (Wildman–Crippen LogP) is 1.89. The quantitative estimate of drug-likeness (QED) is 0.926. The van der Waals surface area contributed by atoms with Gasteiger partial charge in [-0.05, 0) is 12.1 Å². The van der Waals surface area contributed by atoms with Crippen LogP contribution in [0.2, 0.25) is 0 Å². The Balaban J connectivity index is 1.34. The smallest absolute Gasteiger partial charge is 0.321 e. The number of hydrogen-bond acceptors (Lipinski definition) is 6. The van der Waals surface area contributed by atoms with E-state index in [1.54, 1.807) is 41.7 Å². The summed E-state index contributed by atoms with van der Waals surface area (Å²) in [6.45, 7) is 1.34. The van der Waals surface area contributed by atoms with Crippen LogP contribution in [-0.2, 0) is 0 Å². The van der Waals surface area contributed by atoms with E-state index in [0.29, 0.717) is 36.2 Å². The number of ether oxygens (including phenoxy) is 3. The van der Waals surface area contributed by atoms with Gasteiger partial charge in [0.2, 0.25) is 12.7 Å². The summed E-state index contributed by atoms with van der Waals surface area (Å²) in [7, 11) is 0. The topological polar surface area (TPSA) is 85.8 Å². The van der Waals surface area contributed by atoms with Crippen LogP contribution in [-0.4, -0.2) is 46.9 Å². The molecule has 0 spiro atoms. The van der Waals surface area contributed by atoms with Crippen LogP contribution < -0.4 is 19.5 Å². The van der Waals surface area contributed by atoms with Crippen molar-refractivity contribution in [3.63, 3.8) is 0 Å². The lowest BCUT2D eigenvalue weighted by Gasteiger charge is -2.17. The highest BCUT2D eigenvalue weighted by Gasteiger charge is 2.28. The molecule has 0 radical (unpaired) electrons. The maximum absolute atomic E-state index is 12.4. The van der Waals surface area contributed by atoms with E-state index in [-0.39, 0.29) is 18.9 Å². The summed E-state index contributed by atoms with van der Waals surface area (Å²) in [6, 6.07) is 5.15. The highest BCUT2D eigenvalue weighted by atomic mass is 16.7. The number of carbonyl (C=O) groups is 1. The molecule has 1 aromatic heterocycles. The summed E-state index contributed by atoms with van der Waals surface area (Å²) < 4.78 is 16.3. The van der Waals surface area contributed by atoms with Crippen molar-refractivity contribution in [3.05, 3.63) is 36.8 Å². The van der Waals surface area contributed by atoms with Crippen LogP contribution >= 0.6 is 0 Å². The number of benzene rings is 1. The zero-order valence-corrected chi connectivity index (χ0v) is 12.8. The number of carbonyl (C=O) groups excluding carboxylic acids is 1. The van der Waals surface area contributed by atoms with Crippen molar-refractivity contribution in [2.45, 2.75) is 12.5 Å². The molecule has 3 heterocycles. The van der Waals surface area contributed by atoms with Crippen LogP contribution in [0.15, 0.2) is 36.8 Å². The van der Waals surface area contributed by atoms with E-state index in [1.165, 1.54) is 0 Å². The van der Waals surface area contributed by atoms with Crippen LogP contribution in [0.5, 0.6) is 17.4 Å². The molecule has 1 unspecified atom stereocenters. The molecular formula is C16H16N4O4. The molecule has 1 N–H and O–H groups in total. The van der Waals surface area contributed by atoms with Crippen molar-refractivity contribution in [2.24, 2.45) is 0 Å². The zero-order chi connectivity index (χ0) is 16.4. The van der Waals surface area contributed by atoms with Crippen molar-refractivity contribution in [3.8, 4) is 17.4 Å². The van der Waals surface area contributed by atoms with Crippen LogP contribution in [0.25, 0.3) is 0 Å². The lowest BCUT2D eigenvalue weighted by Crippen LogP contribution is -2.34. The lowest BCUT2D eigenvalue weighted by atomic mass is 10.3. The van der Waals surface area contributed by atoms with Gasteiger partial charge in [0.05, 0.1) is 12.7 Å². The first-order valence-electron chi connectivity index (χ1n) is 7.66. The van der Waals surface area contributed by atoms with E-state index < -0.39 is 0 Å². The number of anilines is 1. The molecule has 2 amide bonds. The van der Waals surface area contributed by atoms with Gasteiger partial charge in [-0.2, -0.15) is 0 Å². The summed E-state index contributed by atoms with van der Waals surface area (Å²) in [5.74, 6) is 1.80. The fraction of sp³-hybridized carbons (Fsp3) is 0.312. The molecule has 2 aliphatic heterocycles. The van der Waals surface area contributed by atoms with E-state index in [9.17, 15) is 4.79 Å². The van der Waals surface area contributed by atoms with Crippen molar-refractivity contribution < 1.29 is 19.0 Å². The first-order chi connectivity index (χ1) is 11.8. The Hall–Kier alpha value is -3.03. The molecule has 1 aromatic carbocycles. The Morgan fingerprint density at radius 3 is 3.08 bits per heavy atom. The minimum absolute atomic E-state index is 0.0794. The summed E-state index contributed by atoms with van der Waals surface area (Å²) in [4.78, 5) is 22.1. The van der Waals surface area contributed by atoms with Crippen LogP contribution in [0.1, 0.15) is 6.42 Å². The zero-order valence-electron chi connectivity index (χ0n) is 12.8. The fourth-order valence-corrected chi connectivity index (χ4v) is 2.70. The first-order valence-corrected chi connectivity index (χ1v) is 7.66. The molecule has 4 rings (SSSR count). The normalized spacial score (nSPS) is 18.5. The minimum Gasteiger partial charge on any atom is -0.471 e. The molecule has 2 aromatic rings. The average Bonchev–Trinajstić information content (AvgIpc) is 3.24. The number of likely N-dealkylation sites (tertiary alicyclic amines) is 1. The van der Waals surface area contributed by atoms with Crippen molar-refractivity contribution in [2.75, 3.05) is 25.2 Å². The Labute approximate surface area is 138 Å². The Kier molecular flexibility index (Phi) is 3.78. The highest BCUT2D eigenvalue weighted by Crippen LogP contribution is 2.34. The number of nitrogens with zero attached hydrogens (tertiary/aromatic N) is 3. The number of nitrogens with one attached hydrogen (secondary N) is 1. The third kappa shape index (κ3) is 3.03. The van der Waals surface area contributed by atoms with Gasteiger partial charge in [-0.15, -0.1) is 0 Å². The van der Waals surface area contributed by atoms with E-state index in [1.807, 2.05) is 0 Å². The highest BCUT2D eigenvalue weighted by molar-refractivity contribution is 5.90. The van der Waals surface area contributed by atoms with Gasteiger partial charge in [-0.3, -0.25) is 4.98 Å². The Morgan fingerprint density at radius 2 is 2.21 bits per heavy atom. The first kappa shape index (κ1) is 14.6. The summed E-state index contributed by atoms with van der Waals surface area (Å²) in [6.07, 6.45) is 5.41. The van der Waals surface area contributed by atoms with Crippen molar-refractivity contribution in [1.82, 2.24) is 14.9 Å². The van der Waals surface area contributed by atoms with Gasteiger partial charge in [0.1, 0.15) is 6.10 Å². The van der Waals surface area contributed by atoms with E-state index >= 15 is 0 Å². The summed E-state index contributed by atoms with van der Waals surface area (Å²) in [5.41, 5.74) is 0.669. The molecule has 0 saturated carbocycles. The number of fused-ring (bicyclic) bond motifs is 1. The number of urea groups is 1. The van der Waals surface area contributed by atoms with Gasteiger partial charge in [0.15, 0.2) is 11.5 Å². The third-order valence-electron chi connectivity index (χ3n) is 3.88. The number of aromatic nitrogens is 2. The molecule has 8 heteroatoms. The second-order valence-electron chi connectivity index (χ2n) is 5.52. The average molecular weight is 328 g/mol. The molecule has 2 aliphatic rings. The molecule has 1 fully saturated rings. The minimum atomic E-state index is -0.167. The van der Waals surface area contributed by atoms with E-state index in [2.05, 4.69) is 15.3 Å². The molecule has 124 valence electrons. The van der Waals surface area contributed by atoms with Crippen molar-refractivity contribution >= 4 is 11.7 Å². The molecule has 24 heavy (non-hydrogen) atoms. The standard InChI is InChI=1S/C16H16N4O4/c21-16(19-11-1-2-13-14(7-11)23-10-22-13)20-6-3-12(9-20)24-15-8-17-4-5-18-15/h1-2,4-5,7-8,12H,3,6,9-10H2,(H,19,21). The fourth-order valence-electron chi connectivity index (χ4n) is 2.70.